The molecule has 0 aromatic heterocycles. The minimum absolute atomic E-state index is 0.991. The van der Waals surface area contributed by atoms with Crippen molar-refractivity contribution in [3.8, 4) is 0 Å². The Morgan fingerprint density at radius 1 is 0.325 bits per heavy atom. The zero-order valence-electron chi connectivity index (χ0n) is 29.0. The maximum absolute atomic E-state index is 14.6. The van der Waals surface area contributed by atoms with Gasteiger partial charge in [0.1, 0.15) is 0 Å². The predicted octanol–water partition coefficient (Wildman–Crippen LogP) is 15.6. The molecular weight excluding hydrogens is 724 g/mol. The van der Waals surface area contributed by atoms with Crippen LogP contribution in [0, 0.1) is 0 Å². The summed E-state index contributed by atoms with van der Waals surface area (Å²) in [5.74, 6) is 0. The van der Waals surface area contributed by atoms with Gasteiger partial charge in [0.25, 0.3) is 0 Å². The molecule has 0 fully saturated rings. The molecule has 0 saturated heterocycles. The van der Waals surface area contributed by atoms with E-state index in [1.807, 2.05) is 0 Å². The first kappa shape index (κ1) is 43.9. The van der Waals surface area contributed by atoms with E-state index in [-0.39, 0.29) is 0 Å². The molecule has 0 bridgehead atoms. The van der Waals surface area contributed by atoms with E-state index in [1.165, 1.54) is 148 Å². The van der Waals surface area contributed by atoms with Crippen LogP contribution in [0.25, 0.3) is 0 Å². The van der Waals surface area contributed by atoms with Gasteiger partial charge in [-0.2, -0.15) is 0 Å². The van der Waals surface area contributed by atoms with Gasteiger partial charge in [-0.1, -0.05) is 0 Å². The first-order valence-electron chi connectivity index (χ1n) is 18.7. The van der Waals surface area contributed by atoms with Gasteiger partial charge in [-0.25, -0.2) is 0 Å². The molecule has 0 radical (unpaired) electrons. The monoisotopic (exact) mass is 804 g/mol. The molecule has 0 N–H and O–H groups in total. The van der Waals surface area contributed by atoms with E-state index in [0.29, 0.717) is 0 Å². The van der Waals surface area contributed by atoms with Gasteiger partial charge in [0.15, 0.2) is 0 Å². The molecule has 4 heteroatoms. The summed E-state index contributed by atoms with van der Waals surface area (Å²) in [5, 5.41) is 0. The molecule has 0 spiro atoms. The van der Waals surface area contributed by atoms with E-state index in [0.717, 1.165) is 32.6 Å². The second-order valence-electron chi connectivity index (χ2n) is 13.2. The van der Waals surface area contributed by atoms with Crippen LogP contribution in [0.4, 0.5) is 2.87 Å². The summed E-state index contributed by atoms with van der Waals surface area (Å²) in [6.45, 7) is 13.4. The molecule has 0 aliphatic rings. The first-order chi connectivity index (χ1) is 19.4. The quantitative estimate of drug-likeness (QED) is 0.0501. The minimum atomic E-state index is -3.06. The molecule has 0 aliphatic carbocycles. The van der Waals surface area contributed by atoms with Gasteiger partial charge in [-0.3, -0.25) is 0 Å². The van der Waals surface area contributed by atoms with Gasteiger partial charge >= 0.3 is 270 Å². The summed E-state index contributed by atoms with van der Waals surface area (Å²) in [5.41, 5.74) is 0. The van der Waals surface area contributed by atoms with E-state index >= 15 is 0 Å². The van der Waals surface area contributed by atoms with Crippen molar-refractivity contribution in [3.05, 3.63) is 0 Å². The normalized spacial score (nSPS) is 12.0. The van der Waals surface area contributed by atoms with Crippen LogP contribution in [0.3, 0.4) is 0 Å². The predicted molar refractivity (Wildman–Crippen MR) is 192 cm³/mol. The van der Waals surface area contributed by atoms with E-state index in [4.69, 9.17) is 8.92 Å². The average molecular weight is 803 g/mol. The molecule has 0 unspecified atom stereocenters. The second kappa shape index (κ2) is 33.7. The molecule has 0 aromatic carbocycles. The van der Waals surface area contributed by atoms with E-state index in [9.17, 15) is 2.87 Å². The molecular formula is C36H78ClFSn2. The molecule has 0 atom stereocenters. The number of rotatable bonds is 30. The van der Waals surface area contributed by atoms with Crippen LogP contribution in [-0.2, 0) is 0 Å². The zero-order chi connectivity index (χ0) is 30.2. The number of hydrogen-bond donors (Lipinski definition) is 0. The summed E-state index contributed by atoms with van der Waals surface area (Å²) in [7, 11) is 7.37. The maximum atomic E-state index is 14.6. The molecule has 40 heavy (non-hydrogen) atoms. The van der Waals surface area contributed by atoms with Crippen molar-refractivity contribution < 1.29 is 2.87 Å². The zero-order valence-corrected chi connectivity index (χ0v) is 35.4. The first-order valence-corrected chi connectivity index (χ1v) is 35.5. The van der Waals surface area contributed by atoms with Crippen molar-refractivity contribution in [2.45, 2.75) is 222 Å². The standard InChI is InChI=1S/3C8H17.3C4H9.ClH.FH.2Sn/c3*1-3-5-7-8-6-4-2;3*1-3-4-2;;;;/h3*1,3-8H2,2H3;3*1,3-4H2,2H3;2*1H;;/q;;;;;;;;2*+1/p-2. The average Bonchev–Trinajstić information content (AvgIpc) is 2.96. The SMILES string of the molecule is CCCCCCC[CH2][Sn]([Cl])([CH2]CCCCCCC)[CH2]CCCCCCC.CCC[CH2][Sn]([F])([CH2]CCC)[CH2]CCC. The summed E-state index contributed by atoms with van der Waals surface area (Å²) in [6.07, 6.45) is 32.6. The molecule has 0 saturated carbocycles. The third kappa shape index (κ3) is 31.2. The Balaban J connectivity index is 0. The summed E-state index contributed by atoms with van der Waals surface area (Å²) in [6, 6.07) is 0. The van der Waals surface area contributed by atoms with Gasteiger partial charge < -0.3 is 0 Å². The van der Waals surface area contributed by atoms with Gasteiger partial charge in [-0.05, 0) is 0 Å². The molecule has 0 heterocycles. The van der Waals surface area contributed by atoms with Crippen molar-refractivity contribution in [2.75, 3.05) is 0 Å². The van der Waals surface area contributed by atoms with Crippen LogP contribution < -0.4 is 0 Å². The fraction of sp³-hybridized carbons (Fsp3) is 1.00. The third-order valence-electron chi connectivity index (χ3n) is 8.87. The molecule has 0 nitrogen and oxygen atoms in total. The van der Waals surface area contributed by atoms with Gasteiger partial charge in [0.05, 0.1) is 0 Å². The van der Waals surface area contributed by atoms with Crippen molar-refractivity contribution in [1.29, 1.82) is 0 Å². The fourth-order valence-corrected chi connectivity index (χ4v) is 28.9. The van der Waals surface area contributed by atoms with Crippen molar-refractivity contribution in [2.24, 2.45) is 0 Å². The topological polar surface area (TPSA) is 0 Å². The van der Waals surface area contributed by atoms with Crippen molar-refractivity contribution in [1.82, 2.24) is 0 Å². The molecule has 0 aromatic rings. The van der Waals surface area contributed by atoms with E-state index < -0.39 is 36.2 Å². The number of hydrogen-bond acceptors (Lipinski definition) is 0. The Bertz CT molecular complexity index is 411. The van der Waals surface area contributed by atoms with Crippen LogP contribution in [0.15, 0.2) is 0 Å². The molecule has 0 amide bonds. The van der Waals surface area contributed by atoms with Crippen LogP contribution in [0.2, 0.25) is 26.6 Å². The van der Waals surface area contributed by atoms with Gasteiger partial charge in [-0.15, -0.1) is 0 Å². The Kier molecular flexibility index (Phi) is 37.0. The Hall–Kier alpha value is 1.82. The van der Waals surface area contributed by atoms with Crippen molar-refractivity contribution >= 4 is 45.1 Å². The van der Waals surface area contributed by atoms with Crippen LogP contribution in [0.1, 0.15) is 196 Å². The second-order valence-corrected chi connectivity index (χ2v) is 40.2. The van der Waals surface area contributed by atoms with Crippen LogP contribution in [0.5, 0.6) is 0 Å². The Labute approximate surface area is 268 Å². The summed E-state index contributed by atoms with van der Waals surface area (Å²) in [4.78, 5) is 0. The number of unbranched alkanes of at least 4 members (excludes halogenated alkanes) is 18. The molecule has 244 valence electrons. The third-order valence-corrected chi connectivity index (χ3v) is 34.1. The summed E-state index contributed by atoms with van der Waals surface area (Å²) < 4.78 is 21.9. The van der Waals surface area contributed by atoms with Gasteiger partial charge in [0.2, 0.25) is 0 Å². The number of halogens is 2. The van der Waals surface area contributed by atoms with E-state index in [1.54, 1.807) is 0 Å². The molecule has 0 aliphatic heterocycles. The van der Waals surface area contributed by atoms with Crippen molar-refractivity contribution in [3.63, 3.8) is 0 Å². The van der Waals surface area contributed by atoms with E-state index in [2.05, 4.69) is 41.5 Å². The Morgan fingerprint density at radius 3 is 0.800 bits per heavy atom. The fourth-order valence-electron chi connectivity index (χ4n) is 5.90. The summed E-state index contributed by atoms with van der Waals surface area (Å²) >= 11 is -5.36. The Morgan fingerprint density at radius 2 is 0.550 bits per heavy atom. The van der Waals surface area contributed by atoms with Gasteiger partial charge in [0, 0.05) is 0 Å². The molecule has 0 rings (SSSR count). The van der Waals surface area contributed by atoms with Crippen LogP contribution >= 0.6 is 8.92 Å². The van der Waals surface area contributed by atoms with Crippen LogP contribution in [-0.4, -0.2) is 36.2 Å².